The summed E-state index contributed by atoms with van der Waals surface area (Å²) < 4.78 is 34.1. The number of aryl methyl sites for hydroxylation is 3. The van der Waals surface area contributed by atoms with Gasteiger partial charge in [0, 0.05) is 30.3 Å². The van der Waals surface area contributed by atoms with E-state index in [9.17, 15) is 28.9 Å². The fraction of sp³-hybridized carbons (Fsp3) is 0.321. The normalized spacial score (nSPS) is 13.0. The second-order valence-electron chi connectivity index (χ2n) is 9.05. The van der Waals surface area contributed by atoms with Gasteiger partial charge >= 0.3 is 0 Å². The molecule has 0 heterocycles. The van der Waals surface area contributed by atoms with Crippen LogP contribution < -0.4 is 9.84 Å². The Balaban J connectivity index is 2.06. The number of hydrogen-bond donors (Lipinski definition) is 2. The smallest absolute Gasteiger partial charge is 0.142 e. The third-order valence-corrected chi connectivity index (χ3v) is 6.21. The average Bonchev–Trinajstić information content (AvgIpc) is 2.77. The SMILES string of the molecule is Cc1cc(Cl)c(OCC(O)C[C@@H](O)CC(=O)[O-])c(C(c2ccc(F)c(C)c2)c2ccc(F)c(C)c2)c1. The van der Waals surface area contributed by atoms with Gasteiger partial charge in [0.2, 0.25) is 0 Å². The molecule has 0 spiro atoms. The van der Waals surface area contributed by atoms with Crippen LogP contribution in [0, 0.1) is 32.4 Å². The van der Waals surface area contributed by atoms with Gasteiger partial charge in [-0.3, -0.25) is 0 Å². The Morgan fingerprint density at radius 1 is 0.944 bits per heavy atom. The zero-order valence-corrected chi connectivity index (χ0v) is 21.0. The molecule has 0 saturated carbocycles. The lowest BCUT2D eigenvalue weighted by atomic mass is 9.83. The van der Waals surface area contributed by atoms with E-state index in [-0.39, 0.29) is 35.4 Å². The van der Waals surface area contributed by atoms with Gasteiger partial charge in [-0.2, -0.15) is 0 Å². The summed E-state index contributed by atoms with van der Waals surface area (Å²) in [6, 6.07) is 13.0. The van der Waals surface area contributed by atoms with E-state index in [0.717, 1.165) is 16.7 Å². The highest BCUT2D eigenvalue weighted by Gasteiger charge is 2.25. The Morgan fingerprint density at radius 2 is 1.50 bits per heavy atom. The molecule has 0 aliphatic carbocycles. The van der Waals surface area contributed by atoms with Crippen molar-refractivity contribution in [2.45, 2.75) is 51.7 Å². The number of carboxylic acid groups (broad SMARTS) is 1. The van der Waals surface area contributed by atoms with Crippen LogP contribution in [0.5, 0.6) is 5.75 Å². The number of carbonyl (C=O) groups excluding carboxylic acids is 1. The molecule has 192 valence electrons. The second kappa shape index (κ2) is 11.8. The number of hydrogen-bond acceptors (Lipinski definition) is 5. The number of aliphatic carboxylic acids is 1. The summed E-state index contributed by atoms with van der Waals surface area (Å²) in [5, 5.41) is 31.1. The molecule has 0 aromatic heterocycles. The number of aliphatic hydroxyl groups excluding tert-OH is 2. The van der Waals surface area contributed by atoms with Crippen molar-refractivity contribution < 1.29 is 33.6 Å². The van der Waals surface area contributed by atoms with E-state index in [1.165, 1.54) is 12.1 Å². The topological polar surface area (TPSA) is 89.8 Å². The molecule has 2 atom stereocenters. The van der Waals surface area contributed by atoms with Gasteiger partial charge in [-0.15, -0.1) is 0 Å². The summed E-state index contributed by atoms with van der Waals surface area (Å²) in [6.07, 6.45) is -3.31. The van der Waals surface area contributed by atoms with Crippen LogP contribution >= 0.6 is 11.6 Å². The van der Waals surface area contributed by atoms with E-state index in [0.29, 0.717) is 16.7 Å². The van der Waals surface area contributed by atoms with E-state index in [4.69, 9.17) is 16.3 Å². The number of carboxylic acids is 1. The number of ether oxygens (including phenoxy) is 1. The average molecular weight is 518 g/mol. The fourth-order valence-electron chi connectivity index (χ4n) is 4.21. The van der Waals surface area contributed by atoms with Gasteiger partial charge in [-0.25, -0.2) is 8.78 Å². The first-order chi connectivity index (χ1) is 17.0. The molecule has 0 bridgehead atoms. The van der Waals surface area contributed by atoms with Gasteiger partial charge < -0.3 is 24.9 Å². The first-order valence-corrected chi connectivity index (χ1v) is 11.8. The Kier molecular flexibility index (Phi) is 9.06. The minimum absolute atomic E-state index is 0.232. The fourth-order valence-corrected chi connectivity index (χ4v) is 4.54. The van der Waals surface area contributed by atoms with E-state index >= 15 is 0 Å². The third kappa shape index (κ3) is 6.81. The van der Waals surface area contributed by atoms with Crippen molar-refractivity contribution in [1.29, 1.82) is 0 Å². The number of benzene rings is 3. The molecule has 0 radical (unpaired) electrons. The monoisotopic (exact) mass is 517 g/mol. The third-order valence-electron chi connectivity index (χ3n) is 5.92. The standard InChI is InChI=1S/C28H29ClF2O5/c1-15-8-22(28(23(29)9-15)36-14-21(33)12-20(32)13-26(34)35)27(18-4-6-24(30)16(2)10-18)19-5-7-25(31)17(3)11-19/h4-11,20-21,27,32-33H,12-14H2,1-3H3,(H,34,35)/p-1/t20-,21?/m1/s1. The molecule has 3 rings (SSSR count). The maximum atomic E-state index is 14.1. The van der Waals surface area contributed by atoms with Crippen LogP contribution in [0.2, 0.25) is 5.02 Å². The first kappa shape index (κ1) is 27.6. The summed E-state index contributed by atoms with van der Waals surface area (Å²) in [6.45, 7) is 4.90. The predicted octanol–water partition coefficient (Wildman–Crippen LogP) is 4.35. The minimum atomic E-state index is -1.42. The summed E-state index contributed by atoms with van der Waals surface area (Å²) in [4.78, 5) is 10.7. The molecule has 0 aliphatic heterocycles. The Labute approximate surface area is 213 Å². The van der Waals surface area contributed by atoms with E-state index < -0.39 is 30.5 Å². The van der Waals surface area contributed by atoms with E-state index in [1.807, 2.05) is 13.0 Å². The van der Waals surface area contributed by atoms with Crippen molar-refractivity contribution in [2.75, 3.05) is 6.61 Å². The number of rotatable bonds is 10. The van der Waals surface area contributed by atoms with Crippen LogP contribution in [0.25, 0.3) is 0 Å². The highest BCUT2D eigenvalue weighted by Crippen LogP contribution is 2.42. The molecule has 1 unspecified atom stereocenters. The van der Waals surface area contributed by atoms with Crippen molar-refractivity contribution in [1.82, 2.24) is 0 Å². The maximum absolute atomic E-state index is 14.1. The predicted molar refractivity (Wildman–Crippen MR) is 131 cm³/mol. The molecule has 0 amide bonds. The molecule has 8 heteroatoms. The van der Waals surface area contributed by atoms with Crippen LogP contribution in [0.3, 0.4) is 0 Å². The lowest BCUT2D eigenvalue weighted by molar-refractivity contribution is -0.307. The molecule has 2 N–H and O–H groups in total. The molecule has 0 fully saturated rings. The van der Waals surface area contributed by atoms with E-state index in [1.54, 1.807) is 44.2 Å². The molecule has 36 heavy (non-hydrogen) atoms. The Hall–Kier alpha value is -3.00. The van der Waals surface area contributed by atoms with Crippen molar-refractivity contribution in [3.8, 4) is 5.75 Å². The van der Waals surface area contributed by atoms with Gasteiger partial charge in [0.15, 0.2) is 0 Å². The van der Waals surface area contributed by atoms with Gasteiger partial charge in [0.25, 0.3) is 0 Å². The van der Waals surface area contributed by atoms with Crippen LogP contribution in [-0.2, 0) is 4.79 Å². The highest BCUT2D eigenvalue weighted by atomic mass is 35.5. The number of carbonyl (C=O) groups is 1. The van der Waals surface area contributed by atoms with Gasteiger partial charge in [-0.1, -0.05) is 41.9 Å². The summed E-state index contributed by atoms with van der Waals surface area (Å²) in [5.74, 6) is -2.37. The van der Waals surface area contributed by atoms with Crippen molar-refractivity contribution >= 4 is 17.6 Å². The minimum Gasteiger partial charge on any atom is -0.550 e. The summed E-state index contributed by atoms with van der Waals surface area (Å²) in [7, 11) is 0. The lowest BCUT2D eigenvalue weighted by Gasteiger charge is -2.25. The van der Waals surface area contributed by atoms with Gasteiger partial charge in [0.05, 0.1) is 17.2 Å². The quantitative estimate of drug-likeness (QED) is 0.390. The van der Waals surface area contributed by atoms with Crippen molar-refractivity contribution in [3.63, 3.8) is 0 Å². The van der Waals surface area contributed by atoms with Crippen molar-refractivity contribution in [2.24, 2.45) is 0 Å². The number of aliphatic hydroxyl groups is 2. The molecule has 0 aliphatic rings. The van der Waals surface area contributed by atoms with Gasteiger partial charge in [-0.05, 0) is 66.8 Å². The second-order valence-corrected chi connectivity index (χ2v) is 9.45. The molecular formula is C28H28ClF2O5-. The summed E-state index contributed by atoms with van der Waals surface area (Å²) in [5.41, 5.74) is 3.80. The summed E-state index contributed by atoms with van der Waals surface area (Å²) >= 11 is 6.56. The maximum Gasteiger partial charge on any atom is 0.142 e. The Bertz CT molecular complexity index is 1200. The van der Waals surface area contributed by atoms with Crippen LogP contribution in [0.15, 0.2) is 48.5 Å². The highest BCUT2D eigenvalue weighted by molar-refractivity contribution is 6.32. The molecular weight excluding hydrogens is 490 g/mol. The van der Waals surface area contributed by atoms with E-state index in [2.05, 4.69) is 0 Å². The molecule has 3 aromatic rings. The lowest BCUT2D eigenvalue weighted by Crippen LogP contribution is -2.31. The molecule has 0 saturated heterocycles. The first-order valence-electron chi connectivity index (χ1n) is 11.5. The van der Waals surface area contributed by atoms with Crippen LogP contribution in [-0.4, -0.2) is 35.0 Å². The molecule has 3 aromatic carbocycles. The molecule has 5 nitrogen and oxygen atoms in total. The van der Waals surface area contributed by atoms with Crippen LogP contribution in [0.1, 0.15) is 52.1 Å². The Morgan fingerprint density at radius 3 is 2.00 bits per heavy atom. The zero-order chi connectivity index (χ0) is 26.6. The van der Waals surface area contributed by atoms with Crippen molar-refractivity contribution in [3.05, 3.63) is 98.6 Å². The van der Waals surface area contributed by atoms with Crippen LogP contribution in [0.4, 0.5) is 8.78 Å². The number of halogens is 3. The largest absolute Gasteiger partial charge is 0.550 e. The zero-order valence-electron chi connectivity index (χ0n) is 20.2. The van der Waals surface area contributed by atoms with Gasteiger partial charge in [0.1, 0.15) is 24.0 Å².